The molecule has 0 fully saturated rings. The highest BCUT2D eigenvalue weighted by Gasteiger charge is 2.26. The lowest BCUT2D eigenvalue weighted by molar-refractivity contribution is 0.0729. The second-order valence-electron chi connectivity index (χ2n) is 5.63. The molecule has 0 aliphatic carbocycles. The van der Waals surface area contributed by atoms with Gasteiger partial charge in [0.25, 0.3) is 11.8 Å². The van der Waals surface area contributed by atoms with Gasteiger partial charge in [0.05, 0.1) is 18.4 Å². The van der Waals surface area contributed by atoms with Crippen molar-refractivity contribution in [2.24, 2.45) is 0 Å². The van der Waals surface area contributed by atoms with E-state index in [1.807, 2.05) is 0 Å². The van der Waals surface area contributed by atoms with Crippen LogP contribution in [0.25, 0.3) is 0 Å². The Morgan fingerprint density at radius 1 is 1.12 bits per heavy atom. The van der Waals surface area contributed by atoms with Crippen molar-refractivity contribution in [3.63, 3.8) is 0 Å². The van der Waals surface area contributed by atoms with E-state index in [-0.39, 0.29) is 11.8 Å². The lowest BCUT2D eigenvalue weighted by Crippen LogP contribution is -2.36. The molecule has 1 aliphatic heterocycles. The molecule has 9 heteroatoms. The van der Waals surface area contributed by atoms with Crippen LogP contribution in [0.15, 0.2) is 43.0 Å². The van der Waals surface area contributed by atoms with Crippen LogP contribution < -0.4 is 5.32 Å². The van der Waals surface area contributed by atoms with E-state index in [1.165, 1.54) is 29.9 Å². The Bertz CT molecular complexity index is 944. The fraction of sp³-hybridized carbons (Fsp3) is 0.176. The summed E-state index contributed by atoms with van der Waals surface area (Å²) in [4.78, 5) is 43.9. The van der Waals surface area contributed by atoms with Gasteiger partial charge in [-0.15, -0.1) is 0 Å². The molecule has 3 aromatic rings. The van der Waals surface area contributed by atoms with Crippen LogP contribution >= 0.6 is 11.3 Å². The van der Waals surface area contributed by atoms with Crippen LogP contribution in [0.5, 0.6) is 0 Å². The van der Waals surface area contributed by atoms with Crippen molar-refractivity contribution >= 4 is 28.3 Å². The van der Waals surface area contributed by atoms with Crippen LogP contribution in [0.3, 0.4) is 0 Å². The van der Waals surface area contributed by atoms with Gasteiger partial charge in [-0.2, -0.15) is 0 Å². The molecule has 0 radical (unpaired) electrons. The highest BCUT2D eigenvalue weighted by Crippen LogP contribution is 2.29. The zero-order valence-corrected chi connectivity index (χ0v) is 14.4. The lowest BCUT2D eigenvalue weighted by Gasteiger charge is -2.25. The van der Waals surface area contributed by atoms with E-state index in [0.29, 0.717) is 36.0 Å². The maximum Gasteiger partial charge on any atom is 0.276 e. The number of thiazole rings is 1. The number of hydrogen-bond donors (Lipinski definition) is 1. The SMILES string of the molecule is O=C(Nc1nc2c(s1)CN(C(=O)c1cnccn1)CC2)c1ccccn1. The molecule has 0 bridgehead atoms. The average molecular weight is 366 g/mol. The van der Waals surface area contributed by atoms with E-state index < -0.39 is 0 Å². The van der Waals surface area contributed by atoms with E-state index >= 15 is 0 Å². The van der Waals surface area contributed by atoms with Gasteiger partial charge in [-0.25, -0.2) is 9.97 Å². The van der Waals surface area contributed by atoms with Gasteiger partial charge in [-0.05, 0) is 12.1 Å². The maximum absolute atomic E-state index is 12.5. The number of anilines is 1. The summed E-state index contributed by atoms with van der Waals surface area (Å²) < 4.78 is 0. The van der Waals surface area contributed by atoms with Crippen LogP contribution in [0.1, 0.15) is 31.5 Å². The number of hydrogen-bond acceptors (Lipinski definition) is 7. The standard InChI is InChI=1S/C17H14N6O2S/c24-15(12-3-1-2-5-19-12)22-17-21-11-4-8-23(10-14(11)26-17)16(25)13-9-18-6-7-20-13/h1-3,5-7,9H,4,8,10H2,(H,21,22,24). The Kier molecular flexibility index (Phi) is 4.36. The monoisotopic (exact) mass is 366 g/mol. The molecular weight excluding hydrogens is 352 g/mol. The van der Waals surface area contributed by atoms with Crippen molar-refractivity contribution < 1.29 is 9.59 Å². The molecule has 0 saturated heterocycles. The normalized spacial score (nSPS) is 13.2. The number of carbonyl (C=O) groups is 2. The number of carbonyl (C=O) groups excluding carboxylic acids is 2. The smallest absolute Gasteiger partial charge is 0.276 e. The van der Waals surface area contributed by atoms with Crippen molar-refractivity contribution in [2.45, 2.75) is 13.0 Å². The first kappa shape index (κ1) is 16.3. The lowest BCUT2D eigenvalue weighted by atomic mass is 10.1. The molecule has 130 valence electrons. The topological polar surface area (TPSA) is 101 Å². The fourth-order valence-electron chi connectivity index (χ4n) is 2.65. The highest BCUT2D eigenvalue weighted by atomic mass is 32.1. The zero-order chi connectivity index (χ0) is 17.9. The van der Waals surface area contributed by atoms with Gasteiger partial charge in [0.2, 0.25) is 0 Å². The van der Waals surface area contributed by atoms with Crippen molar-refractivity contribution in [1.29, 1.82) is 0 Å². The summed E-state index contributed by atoms with van der Waals surface area (Å²) in [5.74, 6) is -0.458. The predicted molar refractivity (Wildman–Crippen MR) is 94.8 cm³/mol. The second-order valence-corrected chi connectivity index (χ2v) is 6.71. The van der Waals surface area contributed by atoms with Crippen LogP contribution in [-0.2, 0) is 13.0 Å². The Hall–Kier alpha value is -3.20. The third-order valence-corrected chi connectivity index (χ3v) is 4.92. The summed E-state index contributed by atoms with van der Waals surface area (Å²) in [7, 11) is 0. The van der Waals surface area contributed by atoms with Gasteiger partial charge in [0.1, 0.15) is 11.4 Å². The Balaban J connectivity index is 1.47. The summed E-state index contributed by atoms with van der Waals surface area (Å²) in [6, 6.07) is 5.15. The third kappa shape index (κ3) is 3.29. The van der Waals surface area contributed by atoms with Crippen molar-refractivity contribution in [3.8, 4) is 0 Å². The Labute approximate surface area is 153 Å². The minimum Gasteiger partial charge on any atom is -0.332 e. The molecule has 0 aromatic carbocycles. The first-order valence-electron chi connectivity index (χ1n) is 7.97. The molecule has 0 spiro atoms. The summed E-state index contributed by atoms with van der Waals surface area (Å²) in [5.41, 5.74) is 1.57. The summed E-state index contributed by atoms with van der Waals surface area (Å²) in [6.07, 6.45) is 6.70. The van der Waals surface area contributed by atoms with E-state index in [4.69, 9.17) is 0 Å². The number of fused-ring (bicyclic) bond motifs is 1. The van der Waals surface area contributed by atoms with Crippen LogP contribution in [0, 0.1) is 0 Å². The first-order valence-corrected chi connectivity index (χ1v) is 8.78. The highest BCUT2D eigenvalue weighted by molar-refractivity contribution is 7.15. The Morgan fingerprint density at radius 2 is 2.00 bits per heavy atom. The quantitative estimate of drug-likeness (QED) is 0.758. The van der Waals surface area contributed by atoms with Crippen LogP contribution in [0.2, 0.25) is 0 Å². The zero-order valence-electron chi connectivity index (χ0n) is 13.6. The molecule has 3 aromatic heterocycles. The fourth-order valence-corrected chi connectivity index (χ4v) is 3.67. The van der Waals surface area contributed by atoms with E-state index in [0.717, 1.165) is 10.6 Å². The van der Waals surface area contributed by atoms with E-state index in [1.54, 1.807) is 29.3 Å². The van der Waals surface area contributed by atoms with Crippen molar-refractivity contribution in [3.05, 3.63) is 64.9 Å². The predicted octanol–water partition coefficient (Wildman–Crippen LogP) is 1.78. The van der Waals surface area contributed by atoms with Crippen molar-refractivity contribution in [1.82, 2.24) is 24.8 Å². The van der Waals surface area contributed by atoms with Gasteiger partial charge in [0, 0.05) is 36.4 Å². The first-order chi connectivity index (χ1) is 12.7. The summed E-state index contributed by atoms with van der Waals surface area (Å²) in [6.45, 7) is 1.00. The van der Waals surface area contributed by atoms with Crippen LogP contribution in [-0.4, -0.2) is 43.2 Å². The number of nitrogens with one attached hydrogen (secondary N) is 1. The second kappa shape index (κ2) is 6.96. The number of pyridine rings is 1. The molecule has 8 nitrogen and oxygen atoms in total. The molecule has 0 saturated carbocycles. The molecule has 2 amide bonds. The molecule has 0 unspecified atom stereocenters. The number of aromatic nitrogens is 4. The molecule has 4 rings (SSSR count). The molecular formula is C17H14N6O2S. The van der Waals surface area contributed by atoms with Crippen LogP contribution in [0.4, 0.5) is 5.13 Å². The van der Waals surface area contributed by atoms with Gasteiger partial charge in [0.15, 0.2) is 5.13 Å². The number of rotatable bonds is 3. The maximum atomic E-state index is 12.5. The molecule has 0 atom stereocenters. The minimum absolute atomic E-state index is 0.156. The minimum atomic E-state index is -0.302. The van der Waals surface area contributed by atoms with Gasteiger partial charge in [-0.1, -0.05) is 17.4 Å². The number of amides is 2. The van der Waals surface area contributed by atoms with Gasteiger partial charge < -0.3 is 4.90 Å². The summed E-state index contributed by atoms with van der Waals surface area (Å²) >= 11 is 1.37. The molecule has 26 heavy (non-hydrogen) atoms. The average Bonchev–Trinajstić information content (AvgIpc) is 3.10. The molecule has 1 aliphatic rings. The largest absolute Gasteiger partial charge is 0.332 e. The summed E-state index contributed by atoms with van der Waals surface area (Å²) in [5, 5.41) is 3.28. The van der Waals surface area contributed by atoms with Gasteiger partial charge >= 0.3 is 0 Å². The third-order valence-electron chi connectivity index (χ3n) is 3.92. The molecule has 1 N–H and O–H groups in total. The molecule has 4 heterocycles. The van der Waals surface area contributed by atoms with E-state index in [9.17, 15) is 9.59 Å². The number of nitrogens with zero attached hydrogens (tertiary/aromatic N) is 5. The van der Waals surface area contributed by atoms with Crippen molar-refractivity contribution in [2.75, 3.05) is 11.9 Å². The van der Waals surface area contributed by atoms with Gasteiger partial charge in [-0.3, -0.25) is 24.9 Å². The van der Waals surface area contributed by atoms with E-state index in [2.05, 4.69) is 25.3 Å². The Morgan fingerprint density at radius 3 is 2.77 bits per heavy atom.